The number of esters is 1. The van der Waals surface area contributed by atoms with Crippen molar-refractivity contribution in [3.05, 3.63) is 35.2 Å². The van der Waals surface area contributed by atoms with Crippen molar-refractivity contribution in [2.45, 2.75) is 6.92 Å². The molecular formula is C13H11N3O5. The minimum atomic E-state index is -0.461. The summed E-state index contributed by atoms with van der Waals surface area (Å²) < 4.78 is 14.3. The third-order valence-electron chi connectivity index (χ3n) is 2.51. The summed E-state index contributed by atoms with van der Waals surface area (Å²) in [6.45, 7) is 1.81. The number of carbonyl (C=O) groups excluding carboxylic acids is 1. The molecule has 0 spiro atoms. The van der Waals surface area contributed by atoms with Crippen molar-refractivity contribution in [3.8, 4) is 23.1 Å². The maximum atomic E-state index is 11.1. The summed E-state index contributed by atoms with van der Waals surface area (Å²) in [5, 5.41) is 23.5. The SMILES string of the molecule is CCOC(=O)COc1ccc(-c2no[n+]([O-])c2C#N)cc1. The van der Waals surface area contributed by atoms with Crippen molar-refractivity contribution >= 4 is 5.97 Å². The van der Waals surface area contributed by atoms with E-state index >= 15 is 0 Å². The number of carbonyl (C=O) groups is 1. The fraction of sp³-hybridized carbons (Fsp3) is 0.231. The monoisotopic (exact) mass is 289 g/mol. The molecule has 21 heavy (non-hydrogen) atoms. The number of hydrogen-bond acceptors (Lipinski definition) is 7. The van der Waals surface area contributed by atoms with E-state index in [4.69, 9.17) is 14.7 Å². The topological polar surface area (TPSA) is 112 Å². The van der Waals surface area contributed by atoms with E-state index in [1.54, 1.807) is 37.3 Å². The van der Waals surface area contributed by atoms with Gasteiger partial charge in [0.25, 0.3) is 5.69 Å². The van der Waals surface area contributed by atoms with E-state index < -0.39 is 5.97 Å². The van der Waals surface area contributed by atoms with Gasteiger partial charge in [-0.25, -0.2) is 4.79 Å². The zero-order valence-corrected chi connectivity index (χ0v) is 11.1. The Hall–Kier alpha value is -3.08. The van der Waals surface area contributed by atoms with Crippen molar-refractivity contribution < 1.29 is 23.8 Å². The van der Waals surface area contributed by atoms with E-state index in [0.29, 0.717) is 17.9 Å². The van der Waals surface area contributed by atoms with Crippen LogP contribution in [0.1, 0.15) is 12.6 Å². The largest absolute Gasteiger partial charge is 0.482 e. The van der Waals surface area contributed by atoms with Gasteiger partial charge in [0.05, 0.1) is 6.61 Å². The molecule has 0 aliphatic heterocycles. The third kappa shape index (κ3) is 3.27. The molecule has 2 aromatic rings. The second-order valence-corrected chi connectivity index (χ2v) is 3.86. The molecule has 1 heterocycles. The van der Waals surface area contributed by atoms with Gasteiger partial charge < -0.3 is 14.7 Å². The Bertz CT molecular complexity index is 672. The lowest BCUT2D eigenvalue weighted by atomic mass is 10.1. The van der Waals surface area contributed by atoms with Crippen molar-refractivity contribution in [1.82, 2.24) is 5.16 Å². The minimum absolute atomic E-state index is 0.0422. The molecule has 0 radical (unpaired) electrons. The van der Waals surface area contributed by atoms with E-state index in [1.165, 1.54) is 0 Å². The zero-order chi connectivity index (χ0) is 15.2. The second-order valence-electron chi connectivity index (χ2n) is 3.86. The fourth-order valence-corrected chi connectivity index (χ4v) is 1.59. The van der Waals surface area contributed by atoms with Crippen LogP contribution in [-0.2, 0) is 9.53 Å². The van der Waals surface area contributed by atoms with Gasteiger partial charge in [-0.15, -0.1) is 0 Å². The van der Waals surface area contributed by atoms with E-state index in [1.807, 2.05) is 0 Å². The Morgan fingerprint density at radius 3 is 2.81 bits per heavy atom. The highest BCUT2D eigenvalue weighted by Gasteiger charge is 2.20. The highest BCUT2D eigenvalue weighted by atomic mass is 16.8. The molecule has 108 valence electrons. The van der Waals surface area contributed by atoms with Gasteiger partial charge in [-0.2, -0.15) is 5.26 Å². The molecule has 0 unspecified atom stereocenters. The molecule has 0 saturated carbocycles. The standard InChI is InChI=1S/C13H11N3O5/c1-2-19-12(17)8-20-10-5-3-9(4-6-10)13-11(7-14)16(18)21-15-13/h3-6H,2,8H2,1H3. The molecular weight excluding hydrogens is 278 g/mol. The molecule has 0 saturated heterocycles. The highest BCUT2D eigenvalue weighted by molar-refractivity contribution is 5.71. The van der Waals surface area contributed by atoms with Crippen LogP contribution in [0.3, 0.4) is 0 Å². The molecule has 0 bridgehead atoms. The lowest BCUT2D eigenvalue weighted by Gasteiger charge is -2.05. The first-order chi connectivity index (χ1) is 10.2. The molecule has 8 heteroatoms. The number of nitrogens with zero attached hydrogens (tertiary/aromatic N) is 3. The number of benzene rings is 1. The smallest absolute Gasteiger partial charge is 0.344 e. The lowest BCUT2D eigenvalue weighted by Crippen LogP contribution is -2.26. The van der Waals surface area contributed by atoms with Crippen molar-refractivity contribution in [1.29, 1.82) is 5.26 Å². The van der Waals surface area contributed by atoms with Gasteiger partial charge in [0.1, 0.15) is 5.75 Å². The Morgan fingerprint density at radius 1 is 1.48 bits per heavy atom. The van der Waals surface area contributed by atoms with Gasteiger partial charge in [-0.1, -0.05) is 0 Å². The van der Waals surface area contributed by atoms with Crippen molar-refractivity contribution in [2.24, 2.45) is 0 Å². The summed E-state index contributed by atoms with van der Waals surface area (Å²) in [4.78, 5) is 11.2. The van der Waals surface area contributed by atoms with Crippen LogP contribution in [0.15, 0.2) is 28.9 Å². The van der Waals surface area contributed by atoms with Crippen molar-refractivity contribution in [2.75, 3.05) is 13.2 Å². The molecule has 0 aliphatic carbocycles. The first-order valence-electron chi connectivity index (χ1n) is 6.04. The lowest BCUT2D eigenvalue weighted by molar-refractivity contribution is -0.804. The molecule has 0 fully saturated rings. The van der Waals surface area contributed by atoms with Crippen LogP contribution in [0.2, 0.25) is 0 Å². The number of ether oxygens (including phenoxy) is 2. The van der Waals surface area contributed by atoms with Crippen LogP contribution < -0.4 is 9.64 Å². The van der Waals surface area contributed by atoms with Crippen LogP contribution in [0.4, 0.5) is 0 Å². The maximum absolute atomic E-state index is 11.1. The molecule has 0 aliphatic rings. The fourth-order valence-electron chi connectivity index (χ4n) is 1.59. The van der Waals surface area contributed by atoms with E-state index in [9.17, 15) is 10.0 Å². The molecule has 1 aromatic heterocycles. The Kier molecular flexibility index (Phi) is 4.36. The summed E-state index contributed by atoms with van der Waals surface area (Å²) in [5.41, 5.74) is 0.438. The number of hydrogen-bond donors (Lipinski definition) is 0. The van der Waals surface area contributed by atoms with Crippen LogP contribution in [0.5, 0.6) is 5.75 Å². The van der Waals surface area contributed by atoms with Gasteiger partial charge >= 0.3 is 11.7 Å². The van der Waals surface area contributed by atoms with Crippen LogP contribution in [-0.4, -0.2) is 24.3 Å². The third-order valence-corrected chi connectivity index (χ3v) is 2.51. The molecule has 0 N–H and O–H groups in total. The van der Waals surface area contributed by atoms with Gasteiger partial charge in [-0.3, -0.25) is 4.63 Å². The maximum Gasteiger partial charge on any atom is 0.344 e. The Morgan fingerprint density at radius 2 is 2.19 bits per heavy atom. The van der Waals surface area contributed by atoms with Crippen LogP contribution in [0.25, 0.3) is 11.3 Å². The van der Waals surface area contributed by atoms with Gasteiger partial charge in [0.2, 0.25) is 0 Å². The zero-order valence-electron chi connectivity index (χ0n) is 11.1. The summed E-state index contributed by atoms with van der Waals surface area (Å²) in [5.74, 6) is -0.0129. The first kappa shape index (κ1) is 14.3. The Labute approximate surface area is 119 Å². The van der Waals surface area contributed by atoms with Gasteiger partial charge in [0.15, 0.2) is 12.7 Å². The molecule has 2 rings (SSSR count). The van der Waals surface area contributed by atoms with E-state index in [0.717, 1.165) is 0 Å². The highest BCUT2D eigenvalue weighted by Crippen LogP contribution is 2.22. The summed E-state index contributed by atoms with van der Waals surface area (Å²) in [7, 11) is 0. The Balaban J connectivity index is 2.09. The number of rotatable bonds is 5. The molecule has 8 nitrogen and oxygen atoms in total. The normalized spacial score (nSPS) is 9.90. The van der Waals surface area contributed by atoms with E-state index in [2.05, 4.69) is 9.79 Å². The first-order valence-corrected chi connectivity index (χ1v) is 6.04. The second kappa shape index (κ2) is 6.38. The number of aromatic nitrogens is 2. The summed E-state index contributed by atoms with van der Waals surface area (Å²) in [6, 6.07) is 8.07. The predicted molar refractivity (Wildman–Crippen MR) is 67.7 cm³/mol. The average Bonchev–Trinajstić information content (AvgIpc) is 2.87. The summed E-state index contributed by atoms with van der Waals surface area (Å²) >= 11 is 0. The van der Waals surface area contributed by atoms with Crippen LogP contribution in [0, 0.1) is 16.5 Å². The van der Waals surface area contributed by atoms with Gasteiger partial charge in [0, 0.05) is 10.7 Å². The molecule has 1 aromatic carbocycles. The minimum Gasteiger partial charge on any atom is -0.482 e. The van der Waals surface area contributed by atoms with Crippen LogP contribution >= 0.6 is 0 Å². The summed E-state index contributed by atoms with van der Waals surface area (Å²) in [6.07, 6.45) is 0. The molecule has 0 amide bonds. The van der Waals surface area contributed by atoms with E-state index in [-0.39, 0.29) is 22.9 Å². The molecule has 0 atom stereocenters. The predicted octanol–water partition coefficient (Wildman–Crippen LogP) is 0.789. The van der Waals surface area contributed by atoms with Gasteiger partial charge in [-0.05, 0) is 36.1 Å². The van der Waals surface area contributed by atoms with Crippen molar-refractivity contribution in [3.63, 3.8) is 0 Å². The quantitative estimate of drug-likeness (QED) is 0.590. The number of nitriles is 1. The average molecular weight is 289 g/mol.